The van der Waals surface area contributed by atoms with Gasteiger partial charge in [0.05, 0.1) is 23.7 Å². The van der Waals surface area contributed by atoms with Crippen LogP contribution in [-0.2, 0) is 24.2 Å². The van der Waals surface area contributed by atoms with Crippen LogP contribution in [-0.4, -0.2) is 26.6 Å². The number of carboxylic acid groups (broad SMARTS) is 1. The molecule has 150 valence electrons. The third kappa shape index (κ3) is 4.90. The van der Waals surface area contributed by atoms with Gasteiger partial charge >= 0.3 is 5.97 Å². The van der Waals surface area contributed by atoms with Crippen LogP contribution in [0.3, 0.4) is 0 Å². The van der Waals surface area contributed by atoms with Crippen LogP contribution in [0.5, 0.6) is 0 Å². The van der Waals surface area contributed by atoms with Crippen molar-refractivity contribution in [2.24, 2.45) is 0 Å². The highest BCUT2D eigenvalue weighted by molar-refractivity contribution is 6.30. The molecular weight excluding hydrogens is 395 g/mol. The summed E-state index contributed by atoms with van der Waals surface area (Å²) in [6, 6.07) is 11.5. The third-order valence-corrected chi connectivity index (χ3v) is 5.12. The van der Waals surface area contributed by atoms with Crippen molar-refractivity contribution >= 4 is 23.4 Å². The summed E-state index contributed by atoms with van der Waals surface area (Å²) in [5.41, 5.74) is 4.27. The molecule has 0 aliphatic rings. The Morgan fingerprint density at radius 1 is 1.07 bits per heavy atom. The minimum atomic E-state index is -0.890. The maximum absolute atomic E-state index is 13.5. The Hall–Kier alpha value is -2.99. The highest BCUT2D eigenvalue weighted by atomic mass is 35.5. The average molecular weight is 415 g/mol. The second-order valence-electron chi connectivity index (χ2n) is 6.92. The Morgan fingerprint density at radius 3 is 2.34 bits per heavy atom. The molecule has 0 spiro atoms. The van der Waals surface area contributed by atoms with Crippen LogP contribution in [0.25, 0.3) is 0 Å². The number of hydrogen-bond acceptors (Lipinski definition) is 3. The zero-order valence-corrected chi connectivity index (χ0v) is 16.8. The van der Waals surface area contributed by atoms with Gasteiger partial charge < -0.3 is 5.11 Å². The molecule has 0 fully saturated rings. The molecule has 3 aromatic rings. The number of benzene rings is 2. The number of carboxylic acids is 1. The number of hydrogen-bond donors (Lipinski definition) is 1. The largest absolute Gasteiger partial charge is 0.481 e. The second kappa shape index (κ2) is 8.57. The Morgan fingerprint density at radius 2 is 1.72 bits per heavy atom. The number of nitrogens with zero attached hydrogens (tertiary/aromatic N) is 2. The standard InChI is InChI=1S/C22H20ClFN2O3/c1-13-18(11-22(28)29)14(2)26(25-13)12-15-3-6-17(7-4-15)21(27)10-16-5-8-19(23)20(24)9-16/h3-9H,10-12H2,1-2H3,(H,28,29). The van der Waals surface area contributed by atoms with Crippen LogP contribution in [0.4, 0.5) is 4.39 Å². The third-order valence-electron chi connectivity index (χ3n) is 4.82. The number of aromatic nitrogens is 2. The summed E-state index contributed by atoms with van der Waals surface area (Å²) in [6.45, 7) is 4.12. The number of aryl methyl sites for hydroxylation is 1. The molecule has 0 atom stereocenters. The molecule has 1 aromatic heterocycles. The number of halogens is 2. The molecule has 3 rings (SSSR count). The molecule has 0 unspecified atom stereocenters. The highest BCUT2D eigenvalue weighted by Crippen LogP contribution is 2.18. The SMILES string of the molecule is Cc1nn(Cc2ccc(C(=O)Cc3ccc(Cl)c(F)c3)cc2)c(C)c1CC(=O)O. The molecule has 7 heteroatoms. The molecule has 5 nitrogen and oxygen atoms in total. The molecule has 2 aromatic carbocycles. The van der Waals surface area contributed by atoms with Gasteiger partial charge in [-0.3, -0.25) is 14.3 Å². The maximum Gasteiger partial charge on any atom is 0.307 e. The lowest BCUT2D eigenvalue weighted by Gasteiger charge is -2.07. The number of ketones is 1. The minimum Gasteiger partial charge on any atom is -0.481 e. The molecule has 1 heterocycles. The first-order valence-electron chi connectivity index (χ1n) is 9.05. The zero-order valence-electron chi connectivity index (χ0n) is 16.1. The van der Waals surface area contributed by atoms with E-state index in [0.29, 0.717) is 23.4 Å². The molecule has 0 saturated carbocycles. The number of carbonyl (C=O) groups excluding carboxylic acids is 1. The number of Topliss-reactive ketones (excluding diaryl/α,β-unsaturated/α-hetero) is 1. The van der Waals surface area contributed by atoms with E-state index in [9.17, 15) is 14.0 Å². The van der Waals surface area contributed by atoms with Gasteiger partial charge in [-0.2, -0.15) is 5.10 Å². The van der Waals surface area contributed by atoms with Gasteiger partial charge in [0.25, 0.3) is 0 Å². The van der Waals surface area contributed by atoms with Crippen LogP contribution in [0, 0.1) is 19.7 Å². The Bertz CT molecular complexity index is 1070. The first kappa shape index (κ1) is 20.7. The predicted octanol–water partition coefficient (Wildman–Crippen LogP) is 4.39. The van der Waals surface area contributed by atoms with Crippen LogP contribution >= 0.6 is 11.6 Å². The normalized spacial score (nSPS) is 10.9. The van der Waals surface area contributed by atoms with Crippen LogP contribution in [0.1, 0.15) is 38.4 Å². The van der Waals surface area contributed by atoms with Gasteiger partial charge in [0, 0.05) is 23.2 Å². The van der Waals surface area contributed by atoms with Crippen LogP contribution in [0.2, 0.25) is 5.02 Å². The summed E-state index contributed by atoms with van der Waals surface area (Å²) in [5.74, 6) is -1.55. The van der Waals surface area contributed by atoms with Crippen molar-refractivity contribution in [2.75, 3.05) is 0 Å². The van der Waals surface area contributed by atoms with Gasteiger partial charge in [-0.05, 0) is 37.1 Å². The van der Waals surface area contributed by atoms with E-state index in [0.717, 1.165) is 16.8 Å². The summed E-state index contributed by atoms with van der Waals surface area (Å²) >= 11 is 5.67. The van der Waals surface area contributed by atoms with Gasteiger partial charge in [-0.25, -0.2) is 4.39 Å². The van der Waals surface area contributed by atoms with E-state index in [1.165, 1.54) is 12.1 Å². The van der Waals surface area contributed by atoms with Gasteiger partial charge in [0.15, 0.2) is 5.78 Å². The summed E-state index contributed by atoms with van der Waals surface area (Å²) < 4.78 is 15.3. The highest BCUT2D eigenvalue weighted by Gasteiger charge is 2.15. The van der Waals surface area contributed by atoms with Crippen molar-refractivity contribution in [2.45, 2.75) is 33.2 Å². The molecule has 0 saturated heterocycles. The van der Waals surface area contributed by atoms with Gasteiger partial charge in [-0.15, -0.1) is 0 Å². The smallest absolute Gasteiger partial charge is 0.307 e. The quantitative estimate of drug-likeness (QED) is 0.582. The molecule has 0 aliphatic carbocycles. The van der Waals surface area contributed by atoms with Crippen molar-refractivity contribution in [1.29, 1.82) is 0 Å². The lowest BCUT2D eigenvalue weighted by Crippen LogP contribution is -2.07. The number of carbonyl (C=O) groups is 2. The van der Waals surface area contributed by atoms with E-state index in [-0.39, 0.29) is 23.6 Å². The zero-order chi connectivity index (χ0) is 21.1. The van der Waals surface area contributed by atoms with Crippen molar-refractivity contribution < 1.29 is 19.1 Å². The first-order valence-corrected chi connectivity index (χ1v) is 9.43. The first-order chi connectivity index (χ1) is 13.7. The van der Waals surface area contributed by atoms with Crippen LogP contribution in [0.15, 0.2) is 42.5 Å². The van der Waals surface area contributed by atoms with E-state index in [4.69, 9.17) is 16.7 Å². The van der Waals surface area contributed by atoms with E-state index in [1.54, 1.807) is 29.8 Å². The number of aliphatic carboxylic acids is 1. The van der Waals surface area contributed by atoms with E-state index >= 15 is 0 Å². The van der Waals surface area contributed by atoms with Gasteiger partial charge in [0.1, 0.15) is 5.82 Å². The molecule has 0 bridgehead atoms. The Kier molecular flexibility index (Phi) is 6.13. The predicted molar refractivity (Wildman–Crippen MR) is 108 cm³/mol. The lowest BCUT2D eigenvalue weighted by molar-refractivity contribution is -0.136. The van der Waals surface area contributed by atoms with E-state index < -0.39 is 11.8 Å². The topological polar surface area (TPSA) is 72.2 Å². The molecular formula is C22H20ClFN2O3. The fraction of sp³-hybridized carbons (Fsp3) is 0.227. The van der Waals surface area contributed by atoms with Gasteiger partial charge in [0.2, 0.25) is 0 Å². The summed E-state index contributed by atoms with van der Waals surface area (Å²) in [7, 11) is 0. The molecule has 0 aliphatic heterocycles. The number of rotatable bonds is 7. The summed E-state index contributed by atoms with van der Waals surface area (Å²) in [5, 5.41) is 13.5. The van der Waals surface area contributed by atoms with E-state index in [1.807, 2.05) is 19.1 Å². The molecule has 29 heavy (non-hydrogen) atoms. The Labute approximate surface area is 172 Å². The molecule has 1 N–H and O–H groups in total. The second-order valence-corrected chi connectivity index (χ2v) is 7.33. The molecule has 0 radical (unpaired) electrons. The van der Waals surface area contributed by atoms with Crippen molar-refractivity contribution in [3.63, 3.8) is 0 Å². The van der Waals surface area contributed by atoms with Crippen molar-refractivity contribution in [3.05, 3.63) is 86.9 Å². The fourth-order valence-electron chi connectivity index (χ4n) is 3.20. The fourth-order valence-corrected chi connectivity index (χ4v) is 3.32. The molecule has 0 amide bonds. The average Bonchev–Trinajstić information content (AvgIpc) is 2.92. The lowest BCUT2D eigenvalue weighted by atomic mass is 10.0. The summed E-state index contributed by atoms with van der Waals surface area (Å²) in [4.78, 5) is 23.5. The Balaban J connectivity index is 1.71. The van der Waals surface area contributed by atoms with Gasteiger partial charge in [-0.1, -0.05) is 41.9 Å². The minimum absolute atomic E-state index is 0.0289. The van der Waals surface area contributed by atoms with Crippen molar-refractivity contribution in [3.8, 4) is 0 Å². The van der Waals surface area contributed by atoms with E-state index in [2.05, 4.69) is 5.10 Å². The summed E-state index contributed by atoms with van der Waals surface area (Å²) in [6.07, 6.45) is 0.0276. The van der Waals surface area contributed by atoms with Crippen molar-refractivity contribution in [1.82, 2.24) is 9.78 Å². The maximum atomic E-state index is 13.5. The monoisotopic (exact) mass is 414 g/mol. The van der Waals surface area contributed by atoms with Crippen LogP contribution < -0.4 is 0 Å².